The smallest absolute Gasteiger partial charge is 0.414 e. The lowest BCUT2D eigenvalue weighted by Gasteiger charge is -2.16. The number of nitrogens with zero attached hydrogens (tertiary/aromatic N) is 2. The molecular formula is C19H19N3O8. The molecule has 1 saturated heterocycles. The van der Waals surface area contributed by atoms with Crippen LogP contribution in [0.1, 0.15) is 10.4 Å². The van der Waals surface area contributed by atoms with Crippen LogP contribution >= 0.6 is 0 Å². The molecule has 0 atom stereocenters. The lowest BCUT2D eigenvalue weighted by atomic mass is 10.1. The van der Waals surface area contributed by atoms with Gasteiger partial charge in [-0.2, -0.15) is 0 Å². The molecule has 2 aromatic rings. The maximum absolute atomic E-state index is 12.9. The second-order valence-electron chi connectivity index (χ2n) is 6.07. The maximum Gasteiger partial charge on any atom is 0.414 e. The summed E-state index contributed by atoms with van der Waals surface area (Å²) in [5, 5.41) is 14.3. The average molecular weight is 417 g/mol. The van der Waals surface area contributed by atoms with Crippen LogP contribution in [0.25, 0.3) is 0 Å². The number of carbonyl (C=O) groups excluding carboxylic acids is 2. The number of benzene rings is 2. The van der Waals surface area contributed by atoms with Crippen LogP contribution in [0.2, 0.25) is 0 Å². The van der Waals surface area contributed by atoms with E-state index in [0.717, 1.165) is 0 Å². The summed E-state index contributed by atoms with van der Waals surface area (Å²) in [4.78, 5) is 37.0. The number of hydrogen-bond donors (Lipinski definition) is 1. The number of cyclic esters (lactones) is 1. The highest BCUT2D eigenvalue weighted by atomic mass is 16.6. The Kier molecular flexibility index (Phi) is 5.90. The van der Waals surface area contributed by atoms with Gasteiger partial charge in [0.25, 0.3) is 5.91 Å². The minimum Gasteiger partial charge on any atom is -0.493 e. The minimum absolute atomic E-state index is 0.00204. The SMILES string of the molecule is COc1cc(C(=O)Nc2cccc(N3CCOC3=O)c2)c([N+](=O)[O-])c(OC)c1OC. The van der Waals surface area contributed by atoms with Crippen molar-refractivity contribution in [2.45, 2.75) is 0 Å². The monoisotopic (exact) mass is 417 g/mol. The van der Waals surface area contributed by atoms with E-state index < -0.39 is 22.6 Å². The number of ether oxygens (including phenoxy) is 4. The van der Waals surface area contributed by atoms with E-state index in [1.807, 2.05) is 0 Å². The molecule has 1 aliphatic rings. The van der Waals surface area contributed by atoms with Crippen molar-refractivity contribution >= 4 is 29.1 Å². The third-order valence-electron chi connectivity index (χ3n) is 4.41. The van der Waals surface area contributed by atoms with E-state index in [4.69, 9.17) is 18.9 Å². The second-order valence-corrected chi connectivity index (χ2v) is 6.07. The molecule has 3 rings (SSSR count). The number of rotatable bonds is 7. The van der Waals surface area contributed by atoms with Crippen LogP contribution < -0.4 is 24.4 Å². The Morgan fingerprint density at radius 2 is 1.90 bits per heavy atom. The minimum atomic E-state index is -0.762. The van der Waals surface area contributed by atoms with Crippen LogP contribution in [0.15, 0.2) is 30.3 Å². The summed E-state index contributed by atoms with van der Waals surface area (Å²) in [5.41, 5.74) is 0.0161. The van der Waals surface area contributed by atoms with Crippen molar-refractivity contribution in [3.63, 3.8) is 0 Å². The molecule has 0 aliphatic carbocycles. The van der Waals surface area contributed by atoms with Crippen molar-refractivity contribution in [3.8, 4) is 17.2 Å². The average Bonchev–Trinajstić information content (AvgIpc) is 3.17. The molecule has 1 aliphatic heterocycles. The topological polar surface area (TPSA) is 129 Å². The Morgan fingerprint density at radius 3 is 2.47 bits per heavy atom. The van der Waals surface area contributed by atoms with Crippen molar-refractivity contribution in [2.75, 3.05) is 44.7 Å². The van der Waals surface area contributed by atoms with Crippen LogP contribution in [0.3, 0.4) is 0 Å². The van der Waals surface area contributed by atoms with Gasteiger partial charge in [-0.1, -0.05) is 6.07 Å². The maximum atomic E-state index is 12.9. The highest BCUT2D eigenvalue weighted by Crippen LogP contribution is 2.46. The molecule has 0 saturated carbocycles. The molecule has 158 valence electrons. The fraction of sp³-hybridized carbons (Fsp3) is 0.263. The van der Waals surface area contributed by atoms with Gasteiger partial charge in [0.15, 0.2) is 5.75 Å². The molecule has 2 amide bonds. The Hall–Kier alpha value is -4.02. The summed E-state index contributed by atoms with van der Waals surface area (Å²) in [6.07, 6.45) is -0.487. The Labute approximate surface area is 171 Å². The summed E-state index contributed by atoms with van der Waals surface area (Å²) < 4.78 is 20.4. The quantitative estimate of drug-likeness (QED) is 0.538. The molecule has 0 radical (unpaired) electrons. The lowest BCUT2D eigenvalue weighted by molar-refractivity contribution is -0.386. The van der Waals surface area contributed by atoms with Gasteiger partial charge in [-0.05, 0) is 18.2 Å². The first-order chi connectivity index (χ1) is 14.4. The summed E-state index contributed by atoms with van der Waals surface area (Å²) >= 11 is 0. The van der Waals surface area contributed by atoms with E-state index >= 15 is 0 Å². The largest absolute Gasteiger partial charge is 0.493 e. The van der Waals surface area contributed by atoms with Crippen molar-refractivity contribution < 1.29 is 33.5 Å². The zero-order valence-electron chi connectivity index (χ0n) is 16.5. The van der Waals surface area contributed by atoms with E-state index in [2.05, 4.69) is 5.32 Å². The number of nitro groups is 1. The van der Waals surface area contributed by atoms with E-state index in [1.54, 1.807) is 24.3 Å². The summed E-state index contributed by atoms with van der Waals surface area (Å²) in [7, 11) is 3.87. The first kappa shape index (κ1) is 20.7. The van der Waals surface area contributed by atoms with Crippen LogP contribution in [-0.2, 0) is 4.74 Å². The Bertz CT molecular complexity index is 1010. The van der Waals surface area contributed by atoms with Crippen molar-refractivity contribution in [1.29, 1.82) is 0 Å². The van der Waals surface area contributed by atoms with Crippen LogP contribution in [0.5, 0.6) is 17.2 Å². The van der Waals surface area contributed by atoms with Gasteiger partial charge in [0, 0.05) is 17.4 Å². The molecular weight excluding hydrogens is 398 g/mol. The number of nitro benzene ring substituents is 1. The van der Waals surface area contributed by atoms with Gasteiger partial charge in [0.2, 0.25) is 11.5 Å². The third-order valence-corrected chi connectivity index (χ3v) is 4.41. The van der Waals surface area contributed by atoms with Crippen LogP contribution in [0, 0.1) is 10.1 Å². The molecule has 1 N–H and O–H groups in total. The summed E-state index contributed by atoms with van der Waals surface area (Å²) in [6.45, 7) is 0.654. The third kappa shape index (κ3) is 3.77. The second kappa shape index (κ2) is 8.55. The van der Waals surface area contributed by atoms with Crippen molar-refractivity contribution in [2.24, 2.45) is 0 Å². The van der Waals surface area contributed by atoms with Gasteiger partial charge in [-0.25, -0.2) is 4.79 Å². The lowest BCUT2D eigenvalue weighted by Crippen LogP contribution is -2.23. The summed E-state index contributed by atoms with van der Waals surface area (Å²) in [6, 6.07) is 7.68. The predicted molar refractivity (Wildman–Crippen MR) is 106 cm³/mol. The molecule has 0 unspecified atom stereocenters. The first-order valence-electron chi connectivity index (χ1n) is 8.74. The zero-order valence-corrected chi connectivity index (χ0v) is 16.5. The Morgan fingerprint density at radius 1 is 1.17 bits per heavy atom. The number of carbonyl (C=O) groups is 2. The van der Waals surface area contributed by atoms with E-state index in [-0.39, 0.29) is 29.4 Å². The molecule has 0 bridgehead atoms. The van der Waals surface area contributed by atoms with Gasteiger partial charge in [-0.15, -0.1) is 0 Å². The van der Waals surface area contributed by atoms with Gasteiger partial charge in [-0.3, -0.25) is 19.8 Å². The standard InChI is InChI=1S/C19H19N3O8/c1-27-14-10-13(15(22(25)26)17(29-3)16(14)28-2)18(23)20-11-5-4-6-12(9-11)21-7-8-30-19(21)24/h4-6,9-10H,7-8H2,1-3H3,(H,20,23). The molecule has 1 fully saturated rings. The molecule has 30 heavy (non-hydrogen) atoms. The van der Waals surface area contributed by atoms with Crippen molar-refractivity contribution in [1.82, 2.24) is 0 Å². The molecule has 0 spiro atoms. The molecule has 11 nitrogen and oxygen atoms in total. The number of methoxy groups -OCH3 is 3. The van der Waals surface area contributed by atoms with Gasteiger partial charge >= 0.3 is 11.8 Å². The van der Waals surface area contributed by atoms with Gasteiger partial charge in [0.05, 0.1) is 32.8 Å². The predicted octanol–water partition coefficient (Wildman–Crippen LogP) is 2.83. The fourth-order valence-corrected chi connectivity index (χ4v) is 3.07. The first-order valence-corrected chi connectivity index (χ1v) is 8.74. The van der Waals surface area contributed by atoms with Crippen LogP contribution in [0.4, 0.5) is 21.9 Å². The van der Waals surface area contributed by atoms with E-state index in [0.29, 0.717) is 17.9 Å². The highest BCUT2D eigenvalue weighted by Gasteiger charge is 2.32. The van der Waals surface area contributed by atoms with E-state index in [1.165, 1.54) is 32.3 Å². The highest BCUT2D eigenvalue weighted by molar-refractivity contribution is 6.09. The molecule has 2 aromatic carbocycles. The van der Waals surface area contributed by atoms with Crippen LogP contribution in [-0.4, -0.2) is 51.4 Å². The number of anilines is 2. The molecule has 1 heterocycles. The van der Waals surface area contributed by atoms with Gasteiger partial charge in [0.1, 0.15) is 12.2 Å². The summed E-state index contributed by atoms with van der Waals surface area (Å²) in [5.74, 6) is -0.904. The van der Waals surface area contributed by atoms with Crippen molar-refractivity contribution in [3.05, 3.63) is 46.0 Å². The molecule has 11 heteroatoms. The molecule has 0 aromatic heterocycles. The Balaban J connectivity index is 1.99. The normalized spacial score (nSPS) is 12.9. The number of nitrogens with one attached hydrogen (secondary N) is 1. The zero-order chi connectivity index (χ0) is 21.8. The van der Waals surface area contributed by atoms with Gasteiger partial charge < -0.3 is 24.3 Å². The number of amides is 2. The number of hydrogen-bond acceptors (Lipinski definition) is 8. The van der Waals surface area contributed by atoms with E-state index in [9.17, 15) is 19.7 Å². The fourth-order valence-electron chi connectivity index (χ4n) is 3.07.